The van der Waals surface area contributed by atoms with E-state index >= 15 is 0 Å². The summed E-state index contributed by atoms with van der Waals surface area (Å²) in [6, 6.07) is 12.3. The number of ether oxygens (including phenoxy) is 1. The van der Waals surface area contributed by atoms with Gasteiger partial charge in [-0.3, -0.25) is 9.78 Å². The predicted molar refractivity (Wildman–Crippen MR) is 117 cm³/mol. The first-order valence-electron chi connectivity index (χ1n) is 10.3. The molecule has 0 aliphatic carbocycles. The number of hydrogen-bond donors (Lipinski definition) is 0. The van der Waals surface area contributed by atoms with E-state index in [9.17, 15) is 14.4 Å². The third kappa shape index (κ3) is 3.89. The number of carbonyl (C=O) groups excluding carboxylic acids is 1. The Bertz CT molecular complexity index is 1180. The molecule has 1 aliphatic rings. The Hall–Kier alpha value is -3.66. The van der Waals surface area contributed by atoms with Gasteiger partial charge < -0.3 is 14.5 Å². The van der Waals surface area contributed by atoms with Gasteiger partial charge in [-0.2, -0.15) is 5.26 Å². The number of amides is 1. The zero-order valence-corrected chi connectivity index (χ0v) is 17.6. The molecule has 0 spiro atoms. The number of pyridine rings is 1. The van der Waals surface area contributed by atoms with Crippen LogP contribution in [0.2, 0.25) is 0 Å². The van der Waals surface area contributed by atoms with Gasteiger partial charge in [0.25, 0.3) is 5.91 Å². The predicted octanol–water partition coefficient (Wildman–Crippen LogP) is 3.92. The quantitative estimate of drug-likeness (QED) is 0.642. The highest BCUT2D eigenvalue weighted by molar-refractivity contribution is 5.98. The Morgan fingerprint density at radius 3 is 2.68 bits per heavy atom. The monoisotopic (exact) mass is 418 g/mol. The maximum absolute atomic E-state index is 14.1. The standard InChI is InChI=1S/C24H23FN4O2/c1-3-31-21-7-5-4-6-19(21)24(30)29-10-8-28(9-11-29)23-17(14-26)15-27-22-16(2)12-18(25)13-20(22)23/h4-7,12-13,15H,3,8-11H2,1-2H3. The molecule has 0 N–H and O–H groups in total. The van der Waals surface area contributed by atoms with Crippen LogP contribution in [-0.4, -0.2) is 48.6 Å². The summed E-state index contributed by atoms with van der Waals surface area (Å²) >= 11 is 0. The van der Waals surface area contributed by atoms with Crippen molar-refractivity contribution >= 4 is 22.5 Å². The molecule has 0 unspecified atom stereocenters. The number of anilines is 1. The lowest BCUT2D eigenvalue weighted by Gasteiger charge is -2.37. The van der Waals surface area contributed by atoms with E-state index in [1.165, 1.54) is 12.1 Å². The van der Waals surface area contributed by atoms with Crippen molar-refractivity contribution in [2.75, 3.05) is 37.7 Å². The van der Waals surface area contributed by atoms with E-state index in [-0.39, 0.29) is 11.7 Å². The fourth-order valence-corrected chi connectivity index (χ4v) is 4.07. The van der Waals surface area contributed by atoms with E-state index in [1.54, 1.807) is 30.2 Å². The molecule has 2 aromatic carbocycles. The fourth-order valence-electron chi connectivity index (χ4n) is 4.07. The molecule has 6 nitrogen and oxygen atoms in total. The van der Waals surface area contributed by atoms with Crippen LogP contribution in [0.3, 0.4) is 0 Å². The lowest BCUT2D eigenvalue weighted by Crippen LogP contribution is -2.49. The summed E-state index contributed by atoms with van der Waals surface area (Å²) in [6.45, 7) is 6.22. The Morgan fingerprint density at radius 1 is 1.23 bits per heavy atom. The maximum Gasteiger partial charge on any atom is 0.257 e. The molecule has 31 heavy (non-hydrogen) atoms. The number of rotatable bonds is 4. The highest BCUT2D eigenvalue weighted by Gasteiger charge is 2.27. The third-order valence-corrected chi connectivity index (χ3v) is 5.52. The SMILES string of the molecule is CCOc1ccccc1C(=O)N1CCN(c2c(C#N)cnc3c(C)cc(F)cc23)CC1. The summed E-state index contributed by atoms with van der Waals surface area (Å²) in [4.78, 5) is 21.3. The van der Waals surface area contributed by atoms with Gasteiger partial charge >= 0.3 is 0 Å². The number of fused-ring (bicyclic) bond motifs is 1. The van der Waals surface area contributed by atoms with Gasteiger partial charge in [0.1, 0.15) is 17.6 Å². The van der Waals surface area contributed by atoms with E-state index in [4.69, 9.17) is 4.74 Å². The number of carbonyl (C=O) groups is 1. The van der Waals surface area contributed by atoms with Crippen molar-refractivity contribution < 1.29 is 13.9 Å². The van der Waals surface area contributed by atoms with Gasteiger partial charge in [-0.1, -0.05) is 12.1 Å². The second-order valence-electron chi connectivity index (χ2n) is 7.46. The minimum atomic E-state index is -0.357. The highest BCUT2D eigenvalue weighted by atomic mass is 19.1. The van der Waals surface area contributed by atoms with E-state index < -0.39 is 0 Å². The Morgan fingerprint density at radius 2 is 1.97 bits per heavy atom. The molecule has 0 bridgehead atoms. The van der Waals surface area contributed by atoms with E-state index in [1.807, 2.05) is 24.0 Å². The zero-order valence-electron chi connectivity index (χ0n) is 17.6. The molecular weight excluding hydrogens is 395 g/mol. The molecule has 158 valence electrons. The van der Waals surface area contributed by atoms with Crippen LogP contribution in [0.4, 0.5) is 10.1 Å². The van der Waals surface area contributed by atoms with Crippen LogP contribution in [0.25, 0.3) is 10.9 Å². The minimum Gasteiger partial charge on any atom is -0.493 e. The van der Waals surface area contributed by atoms with E-state index in [2.05, 4.69) is 11.1 Å². The molecule has 1 aliphatic heterocycles. The summed E-state index contributed by atoms with van der Waals surface area (Å²) in [5, 5.41) is 10.3. The summed E-state index contributed by atoms with van der Waals surface area (Å²) in [5.41, 5.74) is 3.03. The summed E-state index contributed by atoms with van der Waals surface area (Å²) in [5.74, 6) is 0.144. The number of halogens is 1. The first-order chi connectivity index (χ1) is 15.0. The number of aromatic nitrogens is 1. The second-order valence-corrected chi connectivity index (χ2v) is 7.46. The number of piperazine rings is 1. The molecule has 0 radical (unpaired) electrons. The largest absolute Gasteiger partial charge is 0.493 e. The number of hydrogen-bond acceptors (Lipinski definition) is 5. The molecule has 1 aromatic heterocycles. The average Bonchev–Trinajstić information content (AvgIpc) is 2.78. The van der Waals surface area contributed by atoms with Crippen molar-refractivity contribution in [3.8, 4) is 11.8 Å². The van der Waals surface area contributed by atoms with Crippen molar-refractivity contribution in [1.29, 1.82) is 5.26 Å². The summed E-state index contributed by atoms with van der Waals surface area (Å²) in [7, 11) is 0. The molecule has 3 aromatic rings. The summed E-state index contributed by atoms with van der Waals surface area (Å²) in [6.07, 6.45) is 1.54. The van der Waals surface area contributed by atoms with E-state index in [0.29, 0.717) is 66.3 Å². The van der Waals surface area contributed by atoms with Crippen LogP contribution in [-0.2, 0) is 0 Å². The lowest BCUT2D eigenvalue weighted by atomic mass is 10.0. The molecule has 2 heterocycles. The van der Waals surface area contributed by atoms with Crippen LogP contribution < -0.4 is 9.64 Å². The smallest absolute Gasteiger partial charge is 0.257 e. The number of nitrogens with zero attached hydrogens (tertiary/aromatic N) is 4. The van der Waals surface area contributed by atoms with Crippen molar-refractivity contribution in [2.45, 2.75) is 13.8 Å². The molecule has 0 saturated carbocycles. The summed E-state index contributed by atoms with van der Waals surface area (Å²) < 4.78 is 19.7. The molecule has 1 saturated heterocycles. The van der Waals surface area contributed by atoms with Crippen molar-refractivity contribution in [1.82, 2.24) is 9.88 Å². The molecule has 7 heteroatoms. The molecule has 1 fully saturated rings. The normalized spacial score (nSPS) is 13.9. The number of para-hydroxylation sites is 1. The lowest BCUT2D eigenvalue weighted by molar-refractivity contribution is 0.0742. The second kappa shape index (κ2) is 8.60. The van der Waals surface area contributed by atoms with Crippen LogP contribution >= 0.6 is 0 Å². The van der Waals surface area contributed by atoms with Crippen LogP contribution in [0.1, 0.15) is 28.4 Å². The molecule has 1 amide bonds. The van der Waals surface area contributed by atoms with Gasteiger partial charge in [-0.25, -0.2) is 4.39 Å². The first kappa shape index (κ1) is 20.6. The number of aryl methyl sites for hydroxylation is 1. The van der Waals surface area contributed by atoms with E-state index in [0.717, 1.165) is 5.56 Å². The number of nitriles is 1. The zero-order chi connectivity index (χ0) is 22.0. The van der Waals surface area contributed by atoms with Crippen LogP contribution in [0, 0.1) is 24.1 Å². The highest BCUT2D eigenvalue weighted by Crippen LogP contribution is 2.32. The fraction of sp³-hybridized carbons (Fsp3) is 0.292. The Kier molecular flexibility index (Phi) is 5.72. The molecule has 0 atom stereocenters. The van der Waals surface area contributed by atoms with Gasteiger partial charge in [0.2, 0.25) is 0 Å². The Balaban J connectivity index is 1.61. The van der Waals surface area contributed by atoms with Crippen molar-refractivity contribution in [3.05, 3.63) is 65.1 Å². The third-order valence-electron chi connectivity index (χ3n) is 5.52. The molecular formula is C24H23FN4O2. The van der Waals surface area contributed by atoms with Crippen molar-refractivity contribution in [3.63, 3.8) is 0 Å². The van der Waals surface area contributed by atoms with Gasteiger partial charge in [0.05, 0.1) is 28.9 Å². The molecule has 4 rings (SSSR count). The van der Waals surface area contributed by atoms with Crippen LogP contribution in [0.5, 0.6) is 5.75 Å². The minimum absolute atomic E-state index is 0.0781. The van der Waals surface area contributed by atoms with Crippen LogP contribution in [0.15, 0.2) is 42.6 Å². The van der Waals surface area contributed by atoms with Gasteiger partial charge in [0.15, 0.2) is 0 Å². The van der Waals surface area contributed by atoms with Gasteiger partial charge in [0, 0.05) is 37.8 Å². The Labute approximate surface area is 180 Å². The first-order valence-corrected chi connectivity index (χ1v) is 10.3. The number of benzene rings is 2. The van der Waals surface area contributed by atoms with Gasteiger partial charge in [-0.15, -0.1) is 0 Å². The average molecular weight is 418 g/mol. The maximum atomic E-state index is 14.1. The topological polar surface area (TPSA) is 69.5 Å². The van der Waals surface area contributed by atoms with Crippen molar-refractivity contribution in [2.24, 2.45) is 0 Å². The van der Waals surface area contributed by atoms with Gasteiger partial charge in [-0.05, 0) is 43.7 Å².